The summed E-state index contributed by atoms with van der Waals surface area (Å²) in [4.78, 5) is 21.1. The van der Waals surface area contributed by atoms with E-state index in [0.717, 1.165) is 18.9 Å². The summed E-state index contributed by atoms with van der Waals surface area (Å²) in [6.07, 6.45) is 5.07. The van der Waals surface area contributed by atoms with Crippen LogP contribution >= 0.6 is 0 Å². The van der Waals surface area contributed by atoms with Gasteiger partial charge in [-0.05, 0) is 42.7 Å². The Morgan fingerprint density at radius 1 is 1.20 bits per heavy atom. The van der Waals surface area contributed by atoms with E-state index in [0.29, 0.717) is 40.4 Å². The summed E-state index contributed by atoms with van der Waals surface area (Å²) in [5.41, 5.74) is 1.08. The Balaban J connectivity index is 1.23. The summed E-state index contributed by atoms with van der Waals surface area (Å²) in [6, 6.07) is 6.04. The van der Waals surface area contributed by atoms with Gasteiger partial charge in [-0.1, -0.05) is 6.92 Å². The number of pyridine rings is 1. The molecule has 30 heavy (non-hydrogen) atoms. The van der Waals surface area contributed by atoms with Crippen molar-refractivity contribution >= 4 is 22.8 Å². The minimum absolute atomic E-state index is 0.0331. The van der Waals surface area contributed by atoms with Crippen LogP contribution in [-0.4, -0.2) is 27.6 Å². The van der Waals surface area contributed by atoms with E-state index in [1.165, 1.54) is 6.07 Å². The number of anilines is 1. The van der Waals surface area contributed by atoms with Gasteiger partial charge in [-0.2, -0.15) is 0 Å². The molecule has 2 saturated carbocycles. The summed E-state index contributed by atoms with van der Waals surface area (Å²) in [5, 5.41) is 2.88. The lowest BCUT2D eigenvalue weighted by atomic mass is 9.96. The van der Waals surface area contributed by atoms with E-state index in [1.807, 2.05) is 11.5 Å². The van der Waals surface area contributed by atoms with Crippen LogP contribution in [0.25, 0.3) is 11.0 Å². The summed E-state index contributed by atoms with van der Waals surface area (Å²) in [7, 11) is 1.57. The second-order valence-corrected chi connectivity index (χ2v) is 8.30. The highest BCUT2D eigenvalue weighted by atomic mass is 19.2. The standard InChI is InChI=1S/C22H22F2N4O2/c1-11(22(29)27-20-4-3-13(30-2)9-25-20)21-14-5-12(6-15(14)21)28-10-26-18-7-16(23)17(24)8-19(18)28/h3-4,7-12,14-15,21H,5-6H2,1-2H3,(H,25,27,29)/t11?,12?,14-,15+,21?. The minimum Gasteiger partial charge on any atom is -0.495 e. The number of amides is 1. The SMILES string of the molecule is COc1ccc(NC(=O)C(C)C2[C@H]3CC(n4cnc5cc(F)c(F)cc54)C[C@@H]23)nc1. The average Bonchev–Trinajstić information content (AvgIpc) is 3.05. The maximum atomic E-state index is 13.7. The lowest BCUT2D eigenvalue weighted by Gasteiger charge is -2.19. The third-order valence-electron chi connectivity index (χ3n) is 6.71. The number of nitrogens with one attached hydrogen (secondary N) is 1. The zero-order valence-corrected chi connectivity index (χ0v) is 16.7. The van der Waals surface area contributed by atoms with Crippen molar-refractivity contribution in [2.75, 3.05) is 12.4 Å². The molecule has 8 heteroatoms. The normalized spacial score (nSPS) is 25.7. The highest BCUT2D eigenvalue weighted by Gasteiger charge is 2.59. The molecule has 1 aromatic carbocycles. The highest BCUT2D eigenvalue weighted by molar-refractivity contribution is 5.92. The first-order valence-corrected chi connectivity index (χ1v) is 10.1. The molecule has 0 aliphatic heterocycles. The van der Waals surface area contributed by atoms with Crippen LogP contribution in [0.2, 0.25) is 0 Å². The molecule has 2 fully saturated rings. The van der Waals surface area contributed by atoms with Crippen molar-refractivity contribution < 1.29 is 18.3 Å². The second kappa shape index (κ2) is 7.04. The van der Waals surface area contributed by atoms with E-state index < -0.39 is 11.6 Å². The van der Waals surface area contributed by atoms with E-state index in [1.54, 1.807) is 31.8 Å². The zero-order valence-electron chi connectivity index (χ0n) is 16.7. The van der Waals surface area contributed by atoms with Crippen molar-refractivity contribution in [1.29, 1.82) is 0 Å². The molecule has 3 unspecified atom stereocenters. The number of aromatic nitrogens is 3. The van der Waals surface area contributed by atoms with E-state index >= 15 is 0 Å². The predicted molar refractivity (Wildman–Crippen MR) is 107 cm³/mol. The molecular weight excluding hydrogens is 390 g/mol. The number of methoxy groups -OCH3 is 1. The van der Waals surface area contributed by atoms with E-state index in [4.69, 9.17) is 4.74 Å². The van der Waals surface area contributed by atoms with Crippen molar-refractivity contribution in [3.63, 3.8) is 0 Å². The van der Waals surface area contributed by atoms with E-state index in [9.17, 15) is 13.6 Å². The predicted octanol–water partition coefficient (Wildman–Crippen LogP) is 4.19. The number of rotatable bonds is 5. The molecule has 6 nitrogen and oxygen atoms in total. The Kier molecular flexibility index (Phi) is 4.45. The van der Waals surface area contributed by atoms with Gasteiger partial charge < -0.3 is 14.6 Å². The number of fused-ring (bicyclic) bond motifs is 2. The number of imidazole rings is 1. The van der Waals surface area contributed by atoms with Crippen LogP contribution in [0.1, 0.15) is 25.8 Å². The van der Waals surface area contributed by atoms with E-state index in [-0.39, 0.29) is 17.9 Å². The average molecular weight is 412 g/mol. The van der Waals surface area contributed by atoms with Gasteiger partial charge in [0.1, 0.15) is 11.6 Å². The van der Waals surface area contributed by atoms with Gasteiger partial charge in [-0.15, -0.1) is 0 Å². The Morgan fingerprint density at radius 2 is 1.93 bits per heavy atom. The number of hydrogen-bond donors (Lipinski definition) is 1. The first-order chi connectivity index (χ1) is 14.5. The molecule has 0 radical (unpaired) electrons. The lowest BCUT2D eigenvalue weighted by Crippen LogP contribution is -2.24. The van der Waals surface area contributed by atoms with Crippen LogP contribution in [0, 0.1) is 35.3 Å². The fourth-order valence-electron chi connectivity index (χ4n) is 5.14. The van der Waals surface area contributed by atoms with Crippen molar-refractivity contribution in [3.05, 3.63) is 48.4 Å². The molecule has 1 amide bonds. The number of carbonyl (C=O) groups is 1. The van der Waals surface area contributed by atoms with Crippen molar-refractivity contribution in [2.24, 2.45) is 23.7 Å². The summed E-state index contributed by atoms with van der Waals surface area (Å²) in [5.74, 6) is 0.517. The van der Waals surface area contributed by atoms with Gasteiger partial charge in [0.2, 0.25) is 5.91 Å². The summed E-state index contributed by atoms with van der Waals surface area (Å²) < 4.78 is 34.2. The van der Waals surface area contributed by atoms with Gasteiger partial charge in [0, 0.05) is 24.1 Å². The number of nitrogens with zero attached hydrogens (tertiary/aromatic N) is 3. The highest BCUT2D eigenvalue weighted by Crippen LogP contribution is 2.64. The Hall–Kier alpha value is -3.03. The molecule has 2 heterocycles. The van der Waals surface area contributed by atoms with Gasteiger partial charge in [0.25, 0.3) is 0 Å². The molecule has 5 atom stereocenters. The van der Waals surface area contributed by atoms with Gasteiger partial charge in [0.15, 0.2) is 11.6 Å². The van der Waals surface area contributed by atoms with Crippen molar-refractivity contribution in [1.82, 2.24) is 14.5 Å². The second-order valence-electron chi connectivity index (χ2n) is 8.30. The number of halogens is 2. The Labute approximate surface area is 172 Å². The summed E-state index contributed by atoms with van der Waals surface area (Å²) >= 11 is 0. The van der Waals surface area contributed by atoms with Gasteiger partial charge >= 0.3 is 0 Å². The van der Waals surface area contributed by atoms with E-state index in [2.05, 4.69) is 15.3 Å². The van der Waals surface area contributed by atoms with Gasteiger partial charge in [-0.3, -0.25) is 4.79 Å². The molecule has 2 aliphatic rings. The number of carbonyl (C=O) groups excluding carboxylic acids is 1. The maximum absolute atomic E-state index is 13.7. The molecule has 5 rings (SSSR count). The quantitative estimate of drug-likeness (QED) is 0.682. The lowest BCUT2D eigenvalue weighted by molar-refractivity contribution is -0.120. The smallest absolute Gasteiger partial charge is 0.228 e. The van der Waals surface area contributed by atoms with Crippen molar-refractivity contribution in [2.45, 2.75) is 25.8 Å². The topological polar surface area (TPSA) is 69.0 Å². The maximum Gasteiger partial charge on any atom is 0.228 e. The van der Waals surface area contributed by atoms with Crippen LogP contribution in [-0.2, 0) is 4.79 Å². The molecule has 2 aliphatic carbocycles. The molecule has 156 valence electrons. The van der Waals surface area contributed by atoms with Gasteiger partial charge in [0.05, 0.1) is 30.7 Å². The van der Waals surface area contributed by atoms with Crippen LogP contribution in [0.4, 0.5) is 14.6 Å². The van der Waals surface area contributed by atoms with Crippen LogP contribution in [0.15, 0.2) is 36.8 Å². The molecule has 1 N–H and O–H groups in total. The third-order valence-corrected chi connectivity index (χ3v) is 6.71. The van der Waals surface area contributed by atoms with Crippen LogP contribution in [0.5, 0.6) is 5.75 Å². The molecule has 0 saturated heterocycles. The molecule has 0 spiro atoms. The van der Waals surface area contributed by atoms with Gasteiger partial charge in [-0.25, -0.2) is 18.7 Å². The monoisotopic (exact) mass is 412 g/mol. The zero-order chi connectivity index (χ0) is 21.0. The number of ether oxygens (including phenoxy) is 1. The first kappa shape index (κ1) is 19.0. The Bertz CT molecular complexity index is 1100. The fourth-order valence-corrected chi connectivity index (χ4v) is 5.14. The minimum atomic E-state index is -0.881. The first-order valence-electron chi connectivity index (χ1n) is 10.1. The molecule has 2 aromatic heterocycles. The third kappa shape index (κ3) is 3.11. The number of benzene rings is 1. The molecule has 0 bridgehead atoms. The summed E-state index contributed by atoms with van der Waals surface area (Å²) in [6.45, 7) is 1.96. The van der Waals surface area contributed by atoms with Crippen LogP contribution in [0.3, 0.4) is 0 Å². The molecular formula is C22H22F2N4O2. The Morgan fingerprint density at radius 3 is 2.60 bits per heavy atom. The largest absolute Gasteiger partial charge is 0.495 e. The number of hydrogen-bond acceptors (Lipinski definition) is 4. The van der Waals surface area contributed by atoms with Crippen LogP contribution < -0.4 is 10.1 Å². The van der Waals surface area contributed by atoms with Crippen molar-refractivity contribution in [3.8, 4) is 5.75 Å². The fraction of sp³-hybridized carbons (Fsp3) is 0.409. The molecule has 3 aromatic rings.